The van der Waals surface area contributed by atoms with Gasteiger partial charge in [0.25, 0.3) is 5.89 Å². The lowest BCUT2D eigenvalue weighted by atomic mass is 10.2. The van der Waals surface area contributed by atoms with Gasteiger partial charge in [-0.1, -0.05) is 12.1 Å². The zero-order valence-corrected chi connectivity index (χ0v) is 15.9. The fourth-order valence-corrected chi connectivity index (χ4v) is 3.99. The molecule has 0 spiro atoms. The average molecular weight is 394 g/mol. The van der Waals surface area contributed by atoms with Gasteiger partial charge in [0, 0.05) is 6.54 Å². The second kappa shape index (κ2) is 8.52. The summed E-state index contributed by atoms with van der Waals surface area (Å²) in [5, 5.41) is 3.03. The highest BCUT2D eigenvalue weighted by molar-refractivity contribution is 7.62. The Morgan fingerprint density at radius 1 is 1.15 bits per heavy atom. The van der Waals surface area contributed by atoms with Gasteiger partial charge < -0.3 is 23.2 Å². The Hall–Kier alpha value is -2.41. The molecule has 3 rings (SSSR count). The summed E-state index contributed by atoms with van der Waals surface area (Å²) in [6.07, 6.45) is 1.48. The first kappa shape index (κ1) is 19.4. The Bertz CT molecular complexity index is 898. The van der Waals surface area contributed by atoms with Crippen molar-refractivity contribution in [3.05, 3.63) is 54.0 Å². The van der Waals surface area contributed by atoms with Gasteiger partial charge in [-0.25, -0.2) is 4.39 Å². The lowest BCUT2D eigenvalue weighted by Gasteiger charge is -2.15. The van der Waals surface area contributed by atoms with Crippen molar-refractivity contribution in [2.24, 2.45) is 0 Å². The van der Waals surface area contributed by atoms with Crippen molar-refractivity contribution in [1.29, 1.82) is 0 Å². The number of hydrogen-bond donors (Lipinski definition) is 1. The van der Waals surface area contributed by atoms with Gasteiger partial charge in [0.05, 0.1) is 19.5 Å². The largest absolute Gasteiger partial charge is 0.459 e. The minimum Gasteiger partial charge on any atom is -0.459 e. The third-order valence-corrected chi connectivity index (χ3v) is 5.58. The molecular weight excluding hydrogens is 374 g/mol. The molecule has 2 aromatic heterocycles. The number of nitrogens with one attached hydrogen (secondary N) is 1. The number of rotatable bonds is 9. The van der Waals surface area contributed by atoms with Gasteiger partial charge in [0.2, 0.25) is 11.3 Å². The van der Waals surface area contributed by atoms with E-state index < -0.39 is 7.60 Å². The standard InChI is InChI=1S/C18H20FN2O5P/c1-3-24-27(22,25-4-2)18-17(20-12-13-7-9-14(19)10-8-13)26-16(21-18)15-6-5-11-23-15/h5-11,20H,3-4,12H2,1-2H3. The van der Waals surface area contributed by atoms with Gasteiger partial charge in [-0.15, -0.1) is 0 Å². The third kappa shape index (κ3) is 4.47. The summed E-state index contributed by atoms with van der Waals surface area (Å²) in [5.41, 5.74) is 0.848. The molecule has 1 aromatic carbocycles. The number of oxazole rings is 1. The molecule has 0 atom stereocenters. The fraction of sp³-hybridized carbons (Fsp3) is 0.278. The molecule has 0 unspecified atom stereocenters. The highest BCUT2D eigenvalue weighted by Gasteiger charge is 2.36. The van der Waals surface area contributed by atoms with E-state index in [1.807, 2.05) is 0 Å². The van der Waals surface area contributed by atoms with E-state index in [9.17, 15) is 8.96 Å². The number of anilines is 1. The van der Waals surface area contributed by atoms with Crippen LogP contribution in [0.15, 0.2) is 51.5 Å². The van der Waals surface area contributed by atoms with Crippen molar-refractivity contribution in [3.63, 3.8) is 0 Å². The average Bonchev–Trinajstić information content (AvgIpc) is 3.31. The van der Waals surface area contributed by atoms with E-state index in [1.54, 1.807) is 38.1 Å². The maximum absolute atomic E-state index is 13.2. The Morgan fingerprint density at radius 2 is 1.85 bits per heavy atom. The van der Waals surface area contributed by atoms with Crippen LogP contribution in [0.5, 0.6) is 0 Å². The predicted molar refractivity (Wildman–Crippen MR) is 98.4 cm³/mol. The number of hydrogen-bond acceptors (Lipinski definition) is 7. The van der Waals surface area contributed by atoms with E-state index >= 15 is 0 Å². The van der Waals surface area contributed by atoms with Gasteiger partial charge in [-0.05, 0) is 43.7 Å². The van der Waals surface area contributed by atoms with Crippen molar-refractivity contribution < 1.29 is 26.8 Å². The Balaban J connectivity index is 1.94. The van der Waals surface area contributed by atoms with Crippen LogP contribution in [0.3, 0.4) is 0 Å². The second-order valence-electron chi connectivity index (χ2n) is 5.46. The van der Waals surface area contributed by atoms with Crippen LogP contribution in [-0.2, 0) is 20.2 Å². The lowest BCUT2D eigenvalue weighted by molar-refractivity contribution is 0.229. The van der Waals surface area contributed by atoms with Crippen LogP contribution in [-0.4, -0.2) is 18.2 Å². The number of aromatic nitrogens is 1. The van der Waals surface area contributed by atoms with Crippen LogP contribution in [0, 0.1) is 5.82 Å². The molecule has 0 amide bonds. The molecule has 9 heteroatoms. The molecule has 3 aromatic rings. The molecule has 0 saturated heterocycles. The highest BCUT2D eigenvalue weighted by atomic mass is 31.2. The molecule has 7 nitrogen and oxygen atoms in total. The molecule has 27 heavy (non-hydrogen) atoms. The van der Waals surface area contributed by atoms with Crippen LogP contribution in [0.1, 0.15) is 19.4 Å². The second-order valence-corrected chi connectivity index (χ2v) is 7.40. The minimum atomic E-state index is -3.69. The first-order valence-corrected chi connectivity index (χ1v) is 10.0. The van der Waals surface area contributed by atoms with Gasteiger partial charge in [-0.2, -0.15) is 4.98 Å². The summed E-state index contributed by atoms with van der Waals surface area (Å²) in [6.45, 7) is 4.09. The van der Waals surface area contributed by atoms with Crippen LogP contribution in [0.2, 0.25) is 0 Å². The third-order valence-electron chi connectivity index (χ3n) is 3.57. The number of nitrogens with zero attached hydrogens (tertiary/aromatic N) is 1. The van der Waals surface area contributed by atoms with E-state index in [-0.39, 0.29) is 36.2 Å². The van der Waals surface area contributed by atoms with Gasteiger partial charge in [0.1, 0.15) is 5.82 Å². The molecule has 0 saturated carbocycles. The fourth-order valence-electron chi connectivity index (χ4n) is 2.40. The first-order chi connectivity index (χ1) is 13.1. The van der Waals surface area contributed by atoms with Crippen molar-refractivity contribution >= 4 is 18.9 Å². The molecule has 0 aliphatic rings. The van der Waals surface area contributed by atoms with Crippen LogP contribution >= 0.6 is 7.60 Å². The molecule has 0 bridgehead atoms. The Kier molecular flexibility index (Phi) is 6.11. The van der Waals surface area contributed by atoms with Crippen molar-refractivity contribution in [2.75, 3.05) is 18.5 Å². The molecule has 144 valence electrons. The molecule has 1 N–H and O–H groups in total. The number of halogens is 1. The van der Waals surface area contributed by atoms with Crippen molar-refractivity contribution in [1.82, 2.24) is 4.98 Å². The normalized spacial score (nSPS) is 11.7. The predicted octanol–water partition coefficient (Wildman–Crippen LogP) is 4.58. The topological polar surface area (TPSA) is 86.7 Å². The molecule has 2 heterocycles. The Morgan fingerprint density at radius 3 is 2.44 bits per heavy atom. The van der Waals surface area contributed by atoms with E-state index in [1.165, 1.54) is 18.4 Å². The molecule has 0 radical (unpaired) electrons. The number of furan rings is 1. The zero-order valence-electron chi connectivity index (χ0n) is 15.0. The summed E-state index contributed by atoms with van der Waals surface area (Å²) in [4.78, 5) is 4.29. The maximum atomic E-state index is 13.2. The first-order valence-electron chi connectivity index (χ1n) is 8.48. The quantitative estimate of drug-likeness (QED) is 0.532. The monoisotopic (exact) mass is 394 g/mol. The van der Waals surface area contributed by atoms with Gasteiger partial charge >= 0.3 is 7.60 Å². The summed E-state index contributed by atoms with van der Waals surface area (Å²) in [6, 6.07) is 9.35. The number of benzene rings is 1. The smallest absolute Gasteiger partial charge is 0.385 e. The van der Waals surface area contributed by atoms with Crippen molar-refractivity contribution in [2.45, 2.75) is 20.4 Å². The summed E-state index contributed by atoms with van der Waals surface area (Å²) >= 11 is 0. The molecule has 0 aliphatic carbocycles. The molecule has 0 aliphatic heterocycles. The van der Waals surface area contributed by atoms with E-state index in [0.717, 1.165) is 5.56 Å². The van der Waals surface area contributed by atoms with E-state index in [4.69, 9.17) is 17.9 Å². The summed E-state index contributed by atoms with van der Waals surface area (Å²) < 4.78 is 48.1. The summed E-state index contributed by atoms with van der Waals surface area (Å²) in [7, 11) is -3.69. The highest BCUT2D eigenvalue weighted by Crippen LogP contribution is 2.49. The van der Waals surface area contributed by atoms with Gasteiger partial charge in [0.15, 0.2) is 5.76 Å². The van der Waals surface area contributed by atoms with Crippen molar-refractivity contribution in [3.8, 4) is 11.7 Å². The molecular formula is C18H20FN2O5P. The lowest BCUT2D eigenvalue weighted by Crippen LogP contribution is -2.16. The van der Waals surface area contributed by atoms with E-state index in [0.29, 0.717) is 12.3 Å². The Labute approximate surface area is 156 Å². The minimum absolute atomic E-state index is 0.0414. The summed E-state index contributed by atoms with van der Waals surface area (Å²) in [5.74, 6) is 0.356. The zero-order chi connectivity index (χ0) is 19.3. The maximum Gasteiger partial charge on any atom is 0.385 e. The van der Waals surface area contributed by atoms with E-state index in [2.05, 4.69) is 10.3 Å². The van der Waals surface area contributed by atoms with Crippen LogP contribution in [0.25, 0.3) is 11.7 Å². The van der Waals surface area contributed by atoms with Crippen LogP contribution in [0.4, 0.5) is 10.3 Å². The molecule has 0 fully saturated rings. The van der Waals surface area contributed by atoms with Gasteiger partial charge in [-0.3, -0.25) is 4.57 Å². The van der Waals surface area contributed by atoms with Crippen LogP contribution < -0.4 is 10.8 Å². The SMILES string of the molecule is CCOP(=O)(OCC)c1nc(-c2ccco2)oc1NCc1ccc(F)cc1.